The number of carboxylic acid groups (broad SMARTS) is 1. The number of nitro benzene ring substituents is 1. The number of nitro groups is 1. The lowest BCUT2D eigenvalue weighted by Crippen LogP contribution is -2.31. The molecule has 1 aliphatic rings. The van der Waals surface area contributed by atoms with E-state index < -0.39 is 16.9 Å². The molecule has 30 heavy (non-hydrogen) atoms. The van der Waals surface area contributed by atoms with E-state index in [0.717, 1.165) is 18.6 Å². The molecule has 1 atom stereocenters. The first-order chi connectivity index (χ1) is 14.4. The summed E-state index contributed by atoms with van der Waals surface area (Å²) >= 11 is 0. The topological polar surface area (TPSA) is 119 Å². The predicted octanol–water partition coefficient (Wildman–Crippen LogP) is 3.79. The van der Waals surface area contributed by atoms with Gasteiger partial charge in [0.1, 0.15) is 5.75 Å². The van der Waals surface area contributed by atoms with Crippen molar-refractivity contribution in [1.82, 2.24) is 5.32 Å². The zero-order valence-corrected chi connectivity index (χ0v) is 16.5. The first-order valence-corrected chi connectivity index (χ1v) is 9.92. The number of hydrogen-bond acceptors (Lipinski definition) is 5. The zero-order chi connectivity index (χ0) is 21.5. The van der Waals surface area contributed by atoms with Crippen molar-refractivity contribution in [3.05, 3.63) is 69.8 Å². The van der Waals surface area contributed by atoms with E-state index in [9.17, 15) is 24.8 Å². The van der Waals surface area contributed by atoms with Gasteiger partial charge in [0.15, 0.2) is 0 Å². The molecule has 0 spiro atoms. The molecule has 0 aromatic heterocycles. The molecular weight excluding hydrogens is 388 g/mol. The second-order valence-corrected chi connectivity index (χ2v) is 7.41. The molecule has 0 aliphatic heterocycles. The molecule has 0 saturated heterocycles. The summed E-state index contributed by atoms with van der Waals surface area (Å²) in [5.74, 6) is -0.653. The van der Waals surface area contributed by atoms with E-state index in [-0.39, 0.29) is 30.5 Å². The van der Waals surface area contributed by atoms with Crippen molar-refractivity contribution >= 4 is 17.6 Å². The van der Waals surface area contributed by atoms with Crippen LogP contribution in [-0.4, -0.2) is 28.0 Å². The van der Waals surface area contributed by atoms with Crippen molar-refractivity contribution in [2.24, 2.45) is 0 Å². The summed E-state index contributed by atoms with van der Waals surface area (Å²) in [7, 11) is 0. The Balaban J connectivity index is 1.63. The van der Waals surface area contributed by atoms with Crippen molar-refractivity contribution in [2.75, 3.05) is 0 Å². The molecule has 2 aromatic rings. The zero-order valence-electron chi connectivity index (χ0n) is 16.5. The summed E-state index contributed by atoms with van der Waals surface area (Å²) in [6.45, 7) is 0. The quantitative estimate of drug-likeness (QED) is 0.478. The van der Waals surface area contributed by atoms with E-state index in [2.05, 4.69) is 5.32 Å². The highest BCUT2D eigenvalue weighted by Gasteiger charge is 2.20. The molecule has 0 bridgehead atoms. The SMILES string of the molecule is O=C(O)CC(NC(=O)Cc1ccc([N+](=O)[O-])cc1)c1ccc(OC2CCCC2)cc1. The molecule has 1 amide bonds. The summed E-state index contributed by atoms with van der Waals surface area (Å²) in [4.78, 5) is 33.9. The highest BCUT2D eigenvalue weighted by molar-refractivity contribution is 5.80. The van der Waals surface area contributed by atoms with Crippen LogP contribution < -0.4 is 10.1 Å². The van der Waals surface area contributed by atoms with E-state index in [4.69, 9.17) is 4.74 Å². The van der Waals surface area contributed by atoms with Crippen LogP contribution in [0, 0.1) is 10.1 Å². The third-order valence-corrected chi connectivity index (χ3v) is 5.11. The molecule has 2 N–H and O–H groups in total. The molecule has 0 radical (unpaired) electrons. The second-order valence-electron chi connectivity index (χ2n) is 7.41. The molecule has 1 unspecified atom stereocenters. The fourth-order valence-corrected chi connectivity index (χ4v) is 3.57. The van der Waals surface area contributed by atoms with Crippen LogP contribution >= 0.6 is 0 Å². The average molecular weight is 412 g/mol. The smallest absolute Gasteiger partial charge is 0.305 e. The van der Waals surface area contributed by atoms with E-state index in [1.807, 2.05) is 0 Å². The standard InChI is InChI=1S/C22H24N2O6/c25-21(13-15-5-9-17(10-6-15)24(28)29)23-20(14-22(26)27)16-7-11-19(12-8-16)30-18-3-1-2-4-18/h5-12,18,20H,1-4,13-14H2,(H,23,25)(H,26,27). The Bertz CT molecular complexity index is 889. The number of hydrogen-bond donors (Lipinski definition) is 2. The Kier molecular flexibility index (Phi) is 7.00. The largest absolute Gasteiger partial charge is 0.490 e. The molecular formula is C22H24N2O6. The summed E-state index contributed by atoms with van der Waals surface area (Å²) in [5, 5.41) is 22.7. The minimum absolute atomic E-state index is 0.00299. The first kappa shape index (κ1) is 21.3. The van der Waals surface area contributed by atoms with Gasteiger partial charge >= 0.3 is 5.97 Å². The number of amides is 1. The summed E-state index contributed by atoms with van der Waals surface area (Å²) < 4.78 is 5.93. The monoisotopic (exact) mass is 412 g/mol. The summed E-state index contributed by atoms with van der Waals surface area (Å²) in [6.07, 6.45) is 4.40. The lowest BCUT2D eigenvalue weighted by atomic mass is 10.0. The van der Waals surface area contributed by atoms with Gasteiger partial charge in [-0.15, -0.1) is 0 Å². The van der Waals surface area contributed by atoms with Gasteiger partial charge in [-0.3, -0.25) is 19.7 Å². The number of rotatable bonds is 9. The first-order valence-electron chi connectivity index (χ1n) is 9.92. The van der Waals surface area contributed by atoms with Gasteiger partial charge in [-0.05, 0) is 48.9 Å². The number of aliphatic carboxylic acids is 1. The van der Waals surface area contributed by atoms with Crippen molar-refractivity contribution in [3.63, 3.8) is 0 Å². The normalized spacial score (nSPS) is 14.8. The predicted molar refractivity (Wildman–Crippen MR) is 109 cm³/mol. The van der Waals surface area contributed by atoms with Crippen molar-refractivity contribution in [1.29, 1.82) is 0 Å². The van der Waals surface area contributed by atoms with Gasteiger partial charge in [-0.1, -0.05) is 24.3 Å². The van der Waals surface area contributed by atoms with E-state index in [0.29, 0.717) is 11.1 Å². The molecule has 3 rings (SSSR count). The lowest BCUT2D eigenvalue weighted by Gasteiger charge is -2.19. The minimum Gasteiger partial charge on any atom is -0.490 e. The van der Waals surface area contributed by atoms with Crippen LogP contribution in [0.15, 0.2) is 48.5 Å². The van der Waals surface area contributed by atoms with Crippen LogP contribution in [0.25, 0.3) is 0 Å². The molecule has 1 aliphatic carbocycles. The number of carbonyl (C=O) groups excluding carboxylic acids is 1. The number of carbonyl (C=O) groups is 2. The highest BCUT2D eigenvalue weighted by Crippen LogP contribution is 2.26. The van der Waals surface area contributed by atoms with Crippen LogP contribution in [0.2, 0.25) is 0 Å². The minimum atomic E-state index is -1.03. The Labute approximate surface area is 174 Å². The van der Waals surface area contributed by atoms with Crippen LogP contribution in [0.5, 0.6) is 5.75 Å². The van der Waals surface area contributed by atoms with Gasteiger partial charge in [-0.25, -0.2) is 0 Å². The maximum absolute atomic E-state index is 12.4. The number of nitrogens with zero attached hydrogens (tertiary/aromatic N) is 1. The van der Waals surface area contributed by atoms with Crippen molar-refractivity contribution in [3.8, 4) is 5.75 Å². The fraction of sp³-hybridized carbons (Fsp3) is 0.364. The van der Waals surface area contributed by atoms with Gasteiger partial charge in [0.2, 0.25) is 5.91 Å². The Morgan fingerprint density at radius 1 is 1.10 bits per heavy atom. The van der Waals surface area contributed by atoms with E-state index in [1.165, 1.54) is 37.1 Å². The number of benzene rings is 2. The molecule has 1 saturated carbocycles. The Hall–Kier alpha value is -3.42. The van der Waals surface area contributed by atoms with Crippen molar-refractivity contribution in [2.45, 2.75) is 50.7 Å². The van der Waals surface area contributed by atoms with Crippen LogP contribution in [0.1, 0.15) is 49.3 Å². The van der Waals surface area contributed by atoms with E-state index >= 15 is 0 Å². The lowest BCUT2D eigenvalue weighted by molar-refractivity contribution is -0.384. The van der Waals surface area contributed by atoms with Gasteiger partial charge in [-0.2, -0.15) is 0 Å². The summed E-state index contributed by atoms with van der Waals surface area (Å²) in [5.41, 5.74) is 1.23. The van der Waals surface area contributed by atoms with Gasteiger partial charge in [0.05, 0.1) is 29.9 Å². The van der Waals surface area contributed by atoms with Crippen LogP contribution in [-0.2, 0) is 16.0 Å². The second kappa shape index (κ2) is 9.87. The molecule has 0 heterocycles. The molecule has 1 fully saturated rings. The highest BCUT2D eigenvalue weighted by atomic mass is 16.6. The average Bonchev–Trinajstić information content (AvgIpc) is 3.21. The maximum Gasteiger partial charge on any atom is 0.305 e. The molecule has 8 nitrogen and oxygen atoms in total. The Morgan fingerprint density at radius 3 is 2.30 bits per heavy atom. The summed E-state index contributed by atoms with van der Waals surface area (Å²) in [6, 6.07) is 12.1. The van der Waals surface area contributed by atoms with E-state index in [1.54, 1.807) is 24.3 Å². The number of nitrogens with one attached hydrogen (secondary N) is 1. The van der Waals surface area contributed by atoms with Crippen LogP contribution in [0.4, 0.5) is 5.69 Å². The Morgan fingerprint density at radius 2 is 1.73 bits per heavy atom. The van der Waals surface area contributed by atoms with Gasteiger partial charge in [0, 0.05) is 12.1 Å². The third-order valence-electron chi connectivity index (χ3n) is 5.11. The van der Waals surface area contributed by atoms with Gasteiger partial charge < -0.3 is 15.2 Å². The third kappa shape index (κ3) is 6.04. The number of ether oxygens (including phenoxy) is 1. The molecule has 8 heteroatoms. The number of non-ortho nitro benzene ring substituents is 1. The van der Waals surface area contributed by atoms with Crippen LogP contribution in [0.3, 0.4) is 0 Å². The maximum atomic E-state index is 12.4. The van der Waals surface area contributed by atoms with Crippen molar-refractivity contribution < 1.29 is 24.4 Å². The molecule has 158 valence electrons. The van der Waals surface area contributed by atoms with Gasteiger partial charge in [0.25, 0.3) is 5.69 Å². The molecule has 2 aromatic carbocycles. The number of carboxylic acids is 1. The fourth-order valence-electron chi connectivity index (χ4n) is 3.57.